The summed E-state index contributed by atoms with van der Waals surface area (Å²) in [5.74, 6) is 0. The Morgan fingerprint density at radius 1 is 0.309 bits per heavy atom. The maximum atomic E-state index is 13.8. The molecule has 16 aromatic rings. The molecule has 8 nitrogen and oxygen atoms in total. The highest BCUT2D eigenvalue weighted by atomic mass is 19.4. The Morgan fingerprint density at radius 3 is 0.845 bits per heavy atom. The van der Waals surface area contributed by atoms with E-state index in [1.807, 2.05) is 61.5 Å². The molecule has 0 bridgehead atoms. The standard InChI is InChI=1S/C43H29F3N4.C43H32N4/c1-24-10-6-14-31-32-15-7-11-25(2)40(32)49(39(24)31)37-20-28(23-47)35(30-19-18-29(43(44,45)46)21-36(30)48-5)22-38(37)50-41-26(3)12-8-16-33(41)34-17-9-13-27(4)42(34)50;1-25-10-6-14-33-34-15-7-11-26(2)41(34)46(40(25)33)38-21-31(24-45)37(32-19-18-30(23-44)20-29(32)5)22-39(38)47-42-27(3)12-8-16-35(42)36-17-9-13-28(4)43(36)47/h6-22H,1-4H3;6-22H,1-5H3. The van der Waals surface area contributed by atoms with E-state index in [4.69, 9.17) is 6.57 Å². The zero-order chi connectivity index (χ0) is 67.6. The van der Waals surface area contributed by atoms with E-state index in [0.717, 1.165) is 140 Å². The summed E-state index contributed by atoms with van der Waals surface area (Å²) in [5, 5.41) is 40.1. The van der Waals surface area contributed by atoms with Crippen molar-refractivity contribution in [2.75, 3.05) is 0 Å². The van der Waals surface area contributed by atoms with Crippen molar-refractivity contribution in [3.63, 3.8) is 0 Å². The van der Waals surface area contributed by atoms with Crippen LogP contribution in [0.15, 0.2) is 206 Å². The third kappa shape index (κ3) is 9.38. The van der Waals surface area contributed by atoms with E-state index < -0.39 is 11.7 Å². The number of nitrogens with zero attached hydrogens (tertiary/aromatic N) is 8. The van der Waals surface area contributed by atoms with Crippen molar-refractivity contribution < 1.29 is 13.2 Å². The Hall–Kier alpha value is -12.4. The highest BCUT2D eigenvalue weighted by molar-refractivity contribution is 6.16. The quantitative estimate of drug-likeness (QED) is 0.155. The van der Waals surface area contributed by atoms with E-state index in [9.17, 15) is 29.0 Å². The zero-order valence-electron chi connectivity index (χ0n) is 54.8. The Balaban J connectivity index is 0.000000159. The topological polar surface area (TPSA) is 95.4 Å². The Labute approximate surface area is 558 Å². The van der Waals surface area contributed by atoms with Crippen LogP contribution in [-0.2, 0) is 6.18 Å². The number of nitriles is 3. The van der Waals surface area contributed by atoms with Crippen LogP contribution >= 0.6 is 0 Å². The maximum Gasteiger partial charge on any atom is 0.415 e. The molecule has 0 spiro atoms. The summed E-state index contributed by atoms with van der Waals surface area (Å²) in [6.45, 7) is 26.9. The Morgan fingerprint density at radius 2 is 0.588 bits per heavy atom. The van der Waals surface area contributed by atoms with Gasteiger partial charge in [-0.25, -0.2) is 4.85 Å². The molecule has 466 valence electrons. The van der Waals surface area contributed by atoms with Crippen LogP contribution < -0.4 is 0 Å². The summed E-state index contributed by atoms with van der Waals surface area (Å²) >= 11 is 0. The van der Waals surface area contributed by atoms with Crippen LogP contribution in [0.3, 0.4) is 0 Å². The van der Waals surface area contributed by atoms with Crippen LogP contribution in [0.2, 0.25) is 0 Å². The number of halogens is 3. The van der Waals surface area contributed by atoms with Crippen LogP contribution in [0.1, 0.15) is 72.3 Å². The molecule has 4 aromatic heterocycles. The average molecular weight is 1260 g/mol. The minimum atomic E-state index is -4.62. The molecule has 97 heavy (non-hydrogen) atoms. The number of fused-ring (bicyclic) bond motifs is 12. The van der Waals surface area contributed by atoms with Crippen molar-refractivity contribution in [2.24, 2.45) is 0 Å². The number of aromatic nitrogens is 4. The summed E-state index contributed by atoms with van der Waals surface area (Å²) in [4.78, 5) is 3.52. The number of rotatable bonds is 6. The molecule has 0 saturated heterocycles. The van der Waals surface area contributed by atoms with Crippen LogP contribution in [0.4, 0.5) is 18.9 Å². The zero-order valence-corrected chi connectivity index (χ0v) is 54.8. The van der Waals surface area contributed by atoms with Gasteiger partial charge in [0.25, 0.3) is 0 Å². The minimum Gasteiger partial charge on any atom is -0.307 e. The predicted octanol–water partition coefficient (Wildman–Crippen LogP) is 23.1. The predicted molar refractivity (Wildman–Crippen MR) is 389 cm³/mol. The Bertz CT molecular complexity index is 6050. The van der Waals surface area contributed by atoms with E-state index in [2.05, 4.69) is 230 Å². The molecular weight excluding hydrogens is 1200 g/mol. The first-order chi connectivity index (χ1) is 46.8. The largest absolute Gasteiger partial charge is 0.415 e. The average Bonchev–Trinajstić information content (AvgIpc) is 1.57. The Kier molecular flexibility index (Phi) is 14.4. The molecule has 0 atom stereocenters. The van der Waals surface area contributed by atoms with E-state index >= 15 is 0 Å². The number of aryl methyl sites for hydroxylation is 9. The number of benzene rings is 12. The molecular formula is C86H61F3N8. The molecule has 0 aliphatic rings. The van der Waals surface area contributed by atoms with Crippen LogP contribution in [0, 0.1) is 103 Å². The first kappa shape index (κ1) is 60.8. The molecule has 0 N–H and O–H groups in total. The van der Waals surface area contributed by atoms with Gasteiger partial charge in [0, 0.05) is 54.2 Å². The van der Waals surface area contributed by atoms with Gasteiger partial charge in [-0.1, -0.05) is 164 Å². The lowest BCUT2D eigenvalue weighted by atomic mass is 9.93. The fraction of sp³-hybridized carbons (Fsp3) is 0.116. The van der Waals surface area contributed by atoms with E-state index in [0.29, 0.717) is 16.7 Å². The van der Waals surface area contributed by atoms with Crippen LogP contribution in [-0.4, -0.2) is 18.3 Å². The van der Waals surface area contributed by atoms with Gasteiger partial charge in [0.05, 0.1) is 108 Å². The van der Waals surface area contributed by atoms with Gasteiger partial charge in [-0.15, -0.1) is 0 Å². The lowest BCUT2D eigenvalue weighted by Gasteiger charge is -2.21. The molecule has 12 aromatic carbocycles. The highest BCUT2D eigenvalue weighted by Gasteiger charge is 2.33. The molecule has 0 radical (unpaired) electrons. The lowest BCUT2D eigenvalue weighted by molar-refractivity contribution is -0.137. The second kappa shape index (κ2) is 23.0. The first-order valence-electron chi connectivity index (χ1n) is 32.1. The van der Waals surface area contributed by atoms with Gasteiger partial charge in [0.2, 0.25) is 0 Å². The number of hydrogen-bond acceptors (Lipinski definition) is 3. The summed E-state index contributed by atoms with van der Waals surface area (Å²) in [6.07, 6.45) is -4.62. The van der Waals surface area contributed by atoms with E-state index in [-0.39, 0.29) is 16.8 Å². The van der Waals surface area contributed by atoms with Gasteiger partial charge in [-0.3, -0.25) is 0 Å². The number of alkyl halides is 3. The van der Waals surface area contributed by atoms with Crippen LogP contribution in [0.25, 0.3) is 137 Å². The minimum absolute atomic E-state index is 0.173. The summed E-state index contributed by atoms with van der Waals surface area (Å²) < 4.78 is 50.6. The third-order valence-electron chi connectivity index (χ3n) is 19.7. The second-order valence-electron chi connectivity index (χ2n) is 25.6. The van der Waals surface area contributed by atoms with Gasteiger partial charge in [0.1, 0.15) is 0 Å². The molecule has 0 unspecified atom stereocenters. The molecule has 0 aliphatic carbocycles. The number of para-hydroxylation sites is 8. The van der Waals surface area contributed by atoms with Gasteiger partial charge in [-0.2, -0.15) is 29.0 Å². The van der Waals surface area contributed by atoms with E-state index in [1.54, 1.807) is 0 Å². The molecule has 16 rings (SSSR count). The van der Waals surface area contributed by atoms with Crippen molar-refractivity contribution in [3.8, 4) is 63.2 Å². The van der Waals surface area contributed by atoms with Gasteiger partial charge >= 0.3 is 6.18 Å². The number of hydrogen-bond donors (Lipinski definition) is 0. The second-order valence-corrected chi connectivity index (χ2v) is 25.6. The van der Waals surface area contributed by atoms with Gasteiger partial charge in [-0.05, 0) is 172 Å². The summed E-state index contributed by atoms with van der Waals surface area (Å²) in [5.41, 5.74) is 24.6. The molecule has 0 fully saturated rings. The van der Waals surface area contributed by atoms with Crippen molar-refractivity contribution >= 4 is 92.9 Å². The third-order valence-corrected chi connectivity index (χ3v) is 19.7. The normalized spacial score (nSPS) is 11.7. The maximum absolute atomic E-state index is 13.8. The fourth-order valence-corrected chi connectivity index (χ4v) is 15.4. The molecule has 0 amide bonds. The fourth-order valence-electron chi connectivity index (χ4n) is 15.4. The first-order valence-corrected chi connectivity index (χ1v) is 32.1. The van der Waals surface area contributed by atoms with Crippen molar-refractivity contribution in [1.29, 1.82) is 15.8 Å². The van der Waals surface area contributed by atoms with Crippen molar-refractivity contribution in [3.05, 3.63) is 290 Å². The summed E-state index contributed by atoms with van der Waals surface area (Å²) in [7, 11) is 0. The molecule has 4 heterocycles. The molecule has 0 saturated carbocycles. The van der Waals surface area contributed by atoms with Gasteiger partial charge < -0.3 is 18.3 Å². The lowest BCUT2D eigenvalue weighted by Crippen LogP contribution is -2.07. The van der Waals surface area contributed by atoms with Crippen molar-refractivity contribution in [2.45, 2.75) is 68.5 Å². The summed E-state index contributed by atoms with van der Waals surface area (Å²) in [6, 6.07) is 75.0. The monoisotopic (exact) mass is 1260 g/mol. The van der Waals surface area contributed by atoms with E-state index in [1.165, 1.54) is 49.9 Å². The van der Waals surface area contributed by atoms with Crippen LogP contribution in [0.5, 0.6) is 0 Å². The molecule has 0 aliphatic heterocycles. The SMILES string of the molecule is Cc1cc(C#N)ccc1-c1cc(-n2c3c(C)cccc3c3cccc(C)c32)c(-n2c3c(C)cccc3c3cccc(C)c32)cc1C#N.[C-]#[N+]c1cc(C(F)(F)F)ccc1-c1cc(-n2c3c(C)cccc3c3cccc(C)c32)c(-n2c3c(C)cccc3c3cccc(C)c32)cc1C#N. The van der Waals surface area contributed by atoms with Crippen molar-refractivity contribution in [1.82, 2.24) is 18.3 Å². The van der Waals surface area contributed by atoms with Gasteiger partial charge in [0.15, 0.2) is 5.69 Å². The molecule has 11 heteroatoms. The highest BCUT2D eigenvalue weighted by Crippen LogP contribution is 2.48. The smallest absolute Gasteiger partial charge is 0.307 e.